The molecule has 0 N–H and O–H groups in total. The third-order valence-corrected chi connectivity index (χ3v) is 6.19. The van der Waals surface area contributed by atoms with Crippen molar-refractivity contribution in [2.45, 2.75) is 45.2 Å². The fraction of sp³-hybridized carbons (Fsp3) is 0.348. The van der Waals surface area contributed by atoms with E-state index in [0.717, 1.165) is 17.7 Å². The lowest BCUT2D eigenvalue weighted by Gasteiger charge is -2.36. The molecule has 0 spiro atoms. The summed E-state index contributed by atoms with van der Waals surface area (Å²) in [4.78, 5) is 12.9. The Hall–Kier alpha value is -2.39. The number of aryl methyl sites for hydroxylation is 1. The van der Waals surface area contributed by atoms with E-state index in [0.29, 0.717) is 12.3 Å². The first kappa shape index (κ1) is 15.8. The highest BCUT2D eigenvalue weighted by Gasteiger charge is 2.59. The molecule has 0 aromatic heterocycles. The molecule has 2 unspecified atom stereocenters. The number of carbonyl (C=O) groups is 1. The van der Waals surface area contributed by atoms with Crippen molar-refractivity contribution in [1.82, 2.24) is 10.0 Å². The number of rotatable bonds is 1. The number of amides is 1. The molecule has 1 amide bonds. The molecular weight excluding hydrogens is 320 g/mol. The van der Waals surface area contributed by atoms with Crippen molar-refractivity contribution in [2.24, 2.45) is 5.92 Å². The van der Waals surface area contributed by atoms with E-state index in [2.05, 4.69) is 74.3 Å². The molecule has 2 aromatic carbocycles. The van der Waals surface area contributed by atoms with Crippen molar-refractivity contribution in [3.63, 3.8) is 0 Å². The van der Waals surface area contributed by atoms with E-state index in [1.807, 2.05) is 11.1 Å². The van der Waals surface area contributed by atoms with Crippen LogP contribution in [0.3, 0.4) is 0 Å². The third-order valence-electron chi connectivity index (χ3n) is 6.19. The lowest BCUT2D eigenvalue weighted by atomic mass is 9.91. The van der Waals surface area contributed by atoms with E-state index in [-0.39, 0.29) is 17.5 Å². The summed E-state index contributed by atoms with van der Waals surface area (Å²) in [5.74, 6) is 0.566. The van der Waals surface area contributed by atoms with Crippen molar-refractivity contribution in [1.29, 1.82) is 0 Å². The summed E-state index contributed by atoms with van der Waals surface area (Å²) < 4.78 is 0. The van der Waals surface area contributed by atoms with E-state index in [4.69, 9.17) is 0 Å². The smallest absolute Gasteiger partial charge is 0.243 e. The van der Waals surface area contributed by atoms with Crippen LogP contribution in [0.15, 0.2) is 54.2 Å². The predicted molar refractivity (Wildman–Crippen MR) is 103 cm³/mol. The normalized spacial score (nSPS) is 27.7. The van der Waals surface area contributed by atoms with Crippen LogP contribution < -0.4 is 0 Å². The molecule has 2 heterocycles. The number of benzene rings is 2. The van der Waals surface area contributed by atoms with Gasteiger partial charge in [-0.3, -0.25) is 4.79 Å². The molecule has 2 aliphatic heterocycles. The van der Waals surface area contributed by atoms with E-state index in [1.54, 1.807) is 0 Å². The first-order valence-electron chi connectivity index (χ1n) is 9.44. The van der Waals surface area contributed by atoms with Gasteiger partial charge in [0.1, 0.15) is 0 Å². The molecule has 5 rings (SSSR count). The Bertz CT molecular complexity index is 928. The van der Waals surface area contributed by atoms with Gasteiger partial charge in [0.05, 0.1) is 6.04 Å². The SMILES string of the molecule is Cc1cccc2c1C1C(C2)/C(=C\c2ccccc2)N2C(=O)CC(C)(C)N12. The Kier molecular flexibility index (Phi) is 3.23. The van der Waals surface area contributed by atoms with Crippen molar-refractivity contribution < 1.29 is 4.79 Å². The molecule has 2 saturated heterocycles. The summed E-state index contributed by atoms with van der Waals surface area (Å²) in [6, 6.07) is 17.3. The fourth-order valence-corrected chi connectivity index (χ4v) is 5.18. The maximum Gasteiger partial charge on any atom is 0.243 e. The quantitative estimate of drug-likeness (QED) is 0.761. The zero-order chi connectivity index (χ0) is 18.1. The van der Waals surface area contributed by atoms with Gasteiger partial charge in [-0.2, -0.15) is 5.01 Å². The van der Waals surface area contributed by atoms with Crippen LogP contribution in [0.2, 0.25) is 0 Å². The molecule has 0 radical (unpaired) electrons. The highest BCUT2D eigenvalue weighted by molar-refractivity contribution is 5.83. The van der Waals surface area contributed by atoms with Gasteiger partial charge >= 0.3 is 0 Å². The van der Waals surface area contributed by atoms with Crippen LogP contribution in [0.5, 0.6) is 0 Å². The van der Waals surface area contributed by atoms with Gasteiger partial charge in [0.25, 0.3) is 0 Å². The van der Waals surface area contributed by atoms with Gasteiger partial charge in [0.2, 0.25) is 5.91 Å². The number of hydrogen-bond donors (Lipinski definition) is 0. The number of hydrazine groups is 1. The molecule has 132 valence electrons. The van der Waals surface area contributed by atoms with Gasteiger partial charge < -0.3 is 0 Å². The van der Waals surface area contributed by atoms with Crippen LogP contribution in [0, 0.1) is 12.8 Å². The van der Waals surface area contributed by atoms with Crippen LogP contribution >= 0.6 is 0 Å². The van der Waals surface area contributed by atoms with E-state index >= 15 is 0 Å². The maximum atomic E-state index is 12.9. The number of hydrogen-bond acceptors (Lipinski definition) is 2. The molecule has 3 heteroatoms. The van der Waals surface area contributed by atoms with Crippen LogP contribution in [0.1, 0.15) is 48.6 Å². The number of nitrogens with zero attached hydrogens (tertiary/aromatic N) is 2. The van der Waals surface area contributed by atoms with Gasteiger partial charge in [-0.15, -0.1) is 0 Å². The molecule has 1 aliphatic carbocycles. The largest absolute Gasteiger partial charge is 0.273 e. The van der Waals surface area contributed by atoms with Crippen molar-refractivity contribution >= 4 is 12.0 Å². The third kappa shape index (κ3) is 2.07. The molecule has 0 saturated carbocycles. The highest BCUT2D eigenvalue weighted by Crippen LogP contribution is 2.57. The standard InChI is InChI=1S/C23H24N2O/c1-15-8-7-11-17-13-18-19(12-16-9-5-4-6-10-16)24-20(26)14-23(2,3)25(24)22(18)21(15)17/h4-12,18,22H,13-14H2,1-3H3/b19-12+. The lowest BCUT2D eigenvalue weighted by molar-refractivity contribution is -0.134. The number of fused-ring (bicyclic) bond motifs is 5. The minimum Gasteiger partial charge on any atom is -0.273 e. The lowest BCUT2D eigenvalue weighted by Crippen LogP contribution is -2.43. The average molecular weight is 344 g/mol. The summed E-state index contributed by atoms with van der Waals surface area (Å²) in [7, 11) is 0. The topological polar surface area (TPSA) is 23.6 Å². The van der Waals surface area contributed by atoms with Crippen molar-refractivity contribution in [3.05, 3.63) is 76.5 Å². The van der Waals surface area contributed by atoms with Crippen LogP contribution in [0.4, 0.5) is 0 Å². The second-order valence-corrected chi connectivity index (χ2v) is 8.42. The second kappa shape index (κ2) is 5.31. The monoisotopic (exact) mass is 344 g/mol. The summed E-state index contributed by atoms with van der Waals surface area (Å²) in [6.07, 6.45) is 3.80. The molecule has 0 bridgehead atoms. The average Bonchev–Trinajstić information content (AvgIpc) is 3.18. The minimum atomic E-state index is -0.157. The van der Waals surface area contributed by atoms with E-state index < -0.39 is 0 Å². The Labute approximate surface area is 154 Å². The van der Waals surface area contributed by atoms with Crippen molar-refractivity contribution in [3.8, 4) is 0 Å². The molecular formula is C23H24N2O. The highest BCUT2D eigenvalue weighted by atomic mass is 16.2. The first-order valence-corrected chi connectivity index (χ1v) is 9.44. The Morgan fingerprint density at radius 2 is 1.85 bits per heavy atom. The van der Waals surface area contributed by atoms with Gasteiger partial charge in [-0.05, 0) is 55.5 Å². The summed E-state index contributed by atoms with van der Waals surface area (Å²) >= 11 is 0. The molecule has 3 nitrogen and oxygen atoms in total. The van der Waals surface area contributed by atoms with Gasteiger partial charge in [0, 0.05) is 23.6 Å². The van der Waals surface area contributed by atoms with Gasteiger partial charge in [0.15, 0.2) is 0 Å². The summed E-state index contributed by atoms with van der Waals surface area (Å²) in [5.41, 5.74) is 6.37. The van der Waals surface area contributed by atoms with Crippen molar-refractivity contribution in [2.75, 3.05) is 0 Å². The Morgan fingerprint density at radius 3 is 2.62 bits per heavy atom. The Morgan fingerprint density at radius 1 is 1.08 bits per heavy atom. The second-order valence-electron chi connectivity index (χ2n) is 8.42. The van der Waals surface area contributed by atoms with Gasteiger partial charge in [-0.1, -0.05) is 48.5 Å². The van der Waals surface area contributed by atoms with E-state index in [9.17, 15) is 4.79 Å². The zero-order valence-corrected chi connectivity index (χ0v) is 15.6. The van der Waals surface area contributed by atoms with Crippen LogP contribution in [-0.4, -0.2) is 21.5 Å². The fourth-order valence-electron chi connectivity index (χ4n) is 5.18. The van der Waals surface area contributed by atoms with Gasteiger partial charge in [-0.25, -0.2) is 5.01 Å². The number of carbonyl (C=O) groups excluding carboxylic acids is 1. The van der Waals surface area contributed by atoms with Crippen LogP contribution in [0.25, 0.3) is 6.08 Å². The molecule has 2 aromatic rings. The molecule has 26 heavy (non-hydrogen) atoms. The summed E-state index contributed by atoms with van der Waals surface area (Å²) in [5, 5.41) is 4.37. The molecule has 2 fully saturated rings. The zero-order valence-electron chi connectivity index (χ0n) is 15.6. The molecule has 3 aliphatic rings. The maximum absolute atomic E-state index is 12.9. The Balaban J connectivity index is 1.71. The summed E-state index contributed by atoms with van der Waals surface area (Å²) in [6.45, 7) is 6.60. The molecule has 2 atom stereocenters. The van der Waals surface area contributed by atoms with Crippen LogP contribution in [-0.2, 0) is 11.2 Å². The predicted octanol–water partition coefficient (Wildman–Crippen LogP) is 4.49. The minimum absolute atomic E-state index is 0.157. The van der Waals surface area contributed by atoms with E-state index in [1.165, 1.54) is 16.7 Å². The first-order chi connectivity index (χ1) is 12.5.